The molecular weight excluding hydrogens is 366 g/mol. The number of carbonyl (C=O) groups excluding carboxylic acids is 1. The standard InChI is InChI=1S/C23H31N3O3/c1-4-29-22-12-8-6-10-20(22)26-15-13-25(14-16-26)18(2)23(27)24-17-19-9-5-7-11-21(19)28-3/h5-12,18H,4,13-17H2,1-3H3,(H,24,27)/p+1/t18-/m1/s1. The van der Waals surface area contributed by atoms with Gasteiger partial charge in [-0.1, -0.05) is 30.3 Å². The zero-order valence-electron chi connectivity index (χ0n) is 17.6. The molecule has 1 atom stereocenters. The summed E-state index contributed by atoms with van der Waals surface area (Å²) in [7, 11) is 1.65. The van der Waals surface area contributed by atoms with Gasteiger partial charge in [0.15, 0.2) is 6.04 Å². The first kappa shape index (κ1) is 21.0. The molecule has 2 N–H and O–H groups in total. The molecule has 0 unspecified atom stereocenters. The fraction of sp³-hybridized carbons (Fsp3) is 0.435. The number of carbonyl (C=O) groups is 1. The number of quaternary nitrogens is 1. The van der Waals surface area contributed by atoms with E-state index in [-0.39, 0.29) is 11.9 Å². The van der Waals surface area contributed by atoms with Crippen molar-refractivity contribution in [1.82, 2.24) is 5.32 Å². The molecule has 1 fully saturated rings. The van der Waals surface area contributed by atoms with E-state index in [0.717, 1.165) is 48.9 Å². The first-order chi connectivity index (χ1) is 14.1. The molecule has 3 rings (SSSR count). The summed E-state index contributed by atoms with van der Waals surface area (Å²) in [5, 5.41) is 3.07. The van der Waals surface area contributed by atoms with Crippen molar-refractivity contribution < 1.29 is 19.2 Å². The Labute approximate surface area is 173 Å². The van der Waals surface area contributed by atoms with Crippen LogP contribution in [0.5, 0.6) is 11.5 Å². The molecular formula is C23H32N3O3+. The number of methoxy groups -OCH3 is 1. The maximum Gasteiger partial charge on any atom is 0.278 e. The molecule has 0 spiro atoms. The highest BCUT2D eigenvalue weighted by atomic mass is 16.5. The Bertz CT molecular complexity index is 803. The van der Waals surface area contributed by atoms with Gasteiger partial charge in [0.2, 0.25) is 0 Å². The Kier molecular flexibility index (Phi) is 7.36. The van der Waals surface area contributed by atoms with Crippen LogP contribution < -0.4 is 24.6 Å². The molecule has 0 saturated carbocycles. The summed E-state index contributed by atoms with van der Waals surface area (Å²) in [6.07, 6.45) is 0. The molecule has 0 bridgehead atoms. The summed E-state index contributed by atoms with van der Waals surface area (Å²) in [5.41, 5.74) is 2.13. The van der Waals surface area contributed by atoms with Gasteiger partial charge in [-0.3, -0.25) is 4.79 Å². The van der Waals surface area contributed by atoms with Crippen LogP contribution in [-0.2, 0) is 11.3 Å². The molecule has 2 aromatic rings. The lowest BCUT2D eigenvalue weighted by atomic mass is 10.1. The number of rotatable bonds is 8. The molecule has 156 valence electrons. The van der Waals surface area contributed by atoms with Gasteiger partial charge in [0.1, 0.15) is 11.5 Å². The normalized spacial score (nSPS) is 15.6. The number of nitrogens with one attached hydrogen (secondary N) is 2. The number of benzene rings is 2. The molecule has 29 heavy (non-hydrogen) atoms. The minimum Gasteiger partial charge on any atom is -0.496 e. The Balaban J connectivity index is 1.53. The van der Waals surface area contributed by atoms with Gasteiger partial charge in [-0.05, 0) is 32.0 Å². The zero-order chi connectivity index (χ0) is 20.6. The highest BCUT2D eigenvalue weighted by Gasteiger charge is 2.30. The SMILES string of the molecule is CCOc1ccccc1N1CC[NH+]([C@H](C)C(=O)NCc2ccccc2OC)CC1. The minimum atomic E-state index is -0.0889. The Morgan fingerprint density at radius 1 is 1.10 bits per heavy atom. The van der Waals surface area contributed by atoms with E-state index in [1.807, 2.05) is 56.3 Å². The van der Waals surface area contributed by atoms with Crippen molar-refractivity contribution in [3.63, 3.8) is 0 Å². The first-order valence-corrected chi connectivity index (χ1v) is 10.3. The van der Waals surface area contributed by atoms with E-state index >= 15 is 0 Å². The smallest absolute Gasteiger partial charge is 0.278 e. The zero-order valence-corrected chi connectivity index (χ0v) is 17.6. The van der Waals surface area contributed by atoms with Crippen LogP contribution in [0.1, 0.15) is 19.4 Å². The van der Waals surface area contributed by atoms with Crippen molar-refractivity contribution >= 4 is 11.6 Å². The molecule has 0 aliphatic carbocycles. The summed E-state index contributed by atoms with van der Waals surface area (Å²) in [6, 6.07) is 15.9. The van der Waals surface area contributed by atoms with Gasteiger partial charge >= 0.3 is 0 Å². The third-order valence-corrected chi connectivity index (χ3v) is 5.56. The van der Waals surface area contributed by atoms with Crippen LogP contribution in [0.25, 0.3) is 0 Å². The van der Waals surface area contributed by atoms with Gasteiger partial charge in [-0.15, -0.1) is 0 Å². The number of nitrogens with zero attached hydrogens (tertiary/aromatic N) is 1. The number of para-hydroxylation sites is 3. The molecule has 1 aliphatic heterocycles. The van der Waals surface area contributed by atoms with Crippen LogP contribution in [0.2, 0.25) is 0 Å². The van der Waals surface area contributed by atoms with Crippen LogP contribution >= 0.6 is 0 Å². The number of anilines is 1. The van der Waals surface area contributed by atoms with Crippen LogP contribution in [-0.4, -0.2) is 51.8 Å². The summed E-state index contributed by atoms with van der Waals surface area (Å²) < 4.78 is 11.1. The van der Waals surface area contributed by atoms with Crippen molar-refractivity contribution in [2.75, 3.05) is 44.8 Å². The van der Waals surface area contributed by atoms with E-state index in [1.165, 1.54) is 4.90 Å². The predicted molar refractivity (Wildman–Crippen MR) is 115 cm³/mol. The van der Waals surface area contributed by atoms with Crippen molar-refractivity contribution in [2.24, 2.45) is 0 Å². The third-order valence-electron chi connectivity index (χ3n) is 5.56. The maximum atomic E-state index is 12.7. The predicted octanol–water partition coefficient (Wildman–Crippen LogP) is 1.50. The topological polar surface area (TPSA) is 55.2 Å². The van der Waals surface area contributed by atoms with Crippen LogP contribution in [0.15, 0.2) is 48.5 Å². The lowest BCUT2D eigenvalue weighted by Gasteiger charge is -2.36. The summed E-state index contributed by atoms with van der Waals surface area (Å²) in [5.74, 6) is 1.81. The number of piperazine rings is 1. The van der Waals surface area contributed by atoms with Crippen molar-refractivity contribution in [1.29, 1.82) is 0 Å². The van der Waals surface area contributed by atoms with Crippen LogP contribution in [0.4, 0.5) is 5.69 Å². The van der Waals surface area contributed by atoms with Gasteiger partial charge in [0, 0.05) is 12.1 Å². The van der Waals surface area contributed by atoms with Gasteiger partial charge in [0.25, 0.3) is 5.91 Å². The number of ether oxygens (including phenoxy) is 2. The maximum absolute atomic E-state index is 12.7. The van der Waals surface area contributed by atoms with E-state index in [0.29, 0.717) is 13.2 Å². The van der Waals surface area contributed by atoms with Crippen molar-refractivity contribution in [3.8, 4) is 11.5 Å². The Hall–Kier alpha value is -2.73. The molecule has 1 saturated heterocycles. The lowest BCUT2D eigenvalue weighted by Crippen LogP contribution is -3.19. The van der Waals surface area contributed by atoms with Gasteiger partial charge < -0.3 is 24.6 Å². The van der Waals surface area contributed by atoms with Crippen molar-refractivity contribution in [3.05, 3.63) is 54.1 Å². The third kappa shape index (κ3) is 5.21. The van der Waals surface area contributed by atoms with Gasteiger partial charge in [-0.25, -0.2) is 0 Å². The first-order valence-electron chi connectivity index (χ1n) is 10.3. The second kappa shape index (κ2) is 10.2. The fourth-order valence-corrected chi connectivity index (χ4v) is 3.83. The lowest BCUT2D eigenvalue weighted by molar-refractivity contribution is -0.914. The highest BCUT2D eigenvalue weighted by molar-refractivity contribution is 5.80. The number of hydrogen-bond donors (Lipinski definition) is 2. The molecule has 1 amide bonds. The Morgan fingerprint density at radius 3 is 2.45 bits per heavy atom. The molecule has 1 aliphatic rings. The van der Waals surface area contributed by atoms with Crippen LogP contribution in [0, 0.1) is 0 Å². The molecule has 6 heteroatoms. The second-order valence-corrected chi connectivity index (χ2v) is 7.30. The van der Waals surface area contributed by atoms with E-state index < -0.39 is 0 Å². The van der Waals surface area contributed by atoms with E-state index in [2.05, 4.69) is 16.3 Å². The average Bonchev–Trinajstić information content (AvgIpc) is 2.78. The van der Waals surface area contributed by atoms with Gasteiger partial charge in [0.05, 0.1) is 45.6 Å². The Morgan fingerprint density at radius 2 is 1.76 bits per heavy atom. The molecule has 6 nitrogen and oxygen atoms in total. The van der Waals surface area contributed by atoms with E-state index in [9.17, 15) is 4.79 Å². The van der Waals surface area contributed by atoms with Crippen LogP contribution in [0.3, 0.4) is 0 Å². The minimum absolute atomic E-state index is 0.0778. The van der Waals surface area contributed by atoms with E-state index in [1.54, 1.807) is 7.11 Å². The summed E-state index contributed by atoms with van der Waals surface area (Å²) >= 11 is 0. The molecule has 1 heterocycles. The average molecular weight is 399 g/mol. The highest BCUT2D eigenvalue weighted by Crippen LogP contribution is 2.27. The number of amides is 1. The van der Waals surface area contributed by atoms with Gasteiger partial charge in [-0.2, -0.15) is 0 Å². The second-order valence-electron chi connectivity index (χ2n) is 7.30. The summed E-state index contributed by atoms with van der Waals surface area (Å²) in [6.45, 7) is 8.81. The quantitative estimate of drug-likeness (QED) is 0.708. The van der Waals surface area contributed by atoms with Crippen molar-refractivity contribution in [2.45, 2.75) is 26.4 Å². The fourth-order valence-electron chi connectivity index (χ4n) is 3.83. The molecule has 2 aromatic carbocycles. The number of hydrogen-bond acceptors (Lipinski definition) is 4. The molecule has 0 aromatic heterocycles. The van der Waals surface area contributed by atoms with E-state index in [4.69, 9.17) is 9.47 Å². The summed E-state index contributed by atoms with van der Waals surface area (Å²) in [4.78, 5) is 16.4. The molecule has 0 radical (unpaired) electrons. The largest absolute Gasteiger partial charge is 0.496 e. The monoisotopic (exact) mass is 398 g/mol.